The average molecular weight is 816 g/mol. The third-order valence-corrected chi connectivity index (χ3v) is 14.9. The summed E-state index contributed by atoms with van der Waals surface area (Å²) in [4.78, 5) is 2.53. The molecule has 3 aliphatic rings. The molecule has 0 unspecified atom stereocenters. The van der Waals surface area contributed by atoms with E-state index in [0.29, 0.717) is 0 Å². The lowest BCUT2D eigenvalue weighted by Crippen LogP contribution is -2.26. The number of hydrogen-bond acceptors (Lipinski definition) is 2. The zero-order chi connectivity index (χ0) is 42.3. The van der Waals surface area contributed by atoms with Crippen molar-refractivity contribution in [1.29, 1.82) is 0 Å². The van der Waals surface area contributed by atoms with E-state index < -0.39 is 5.41 Å². The summed E-state index contributed by atoms with van der Waals surface area (Å²) in [6.07, 6.45) is 0. The summed E-state index contributed by atoms with van der Waals surface area (Å²) in [5.74, 6) is 0. The van der Waals surface area contributed by atoms with Crippen LogP contribution in [0.3, 0.4) is 0 Å². The van der Waals surface area contributed by atoms with Crippen molar-refractivity contribution < 1.29 is 4.42 Å². The summed E-state index contributed by atoms with van der Waals surface area (Å²) >= 11 is 0. The number of nitrogens with zero attached hydrogens (tertiary/aromatic N) is 1. The van der Waals surface area contributed by atoms with Gasteiger partial charge in [0.2, 0.25) is 0 Å². The van der Waals surface area contributed by atoms with Crippen molar-refractivity contribution in [2.75, 3.05) is 4.90 Å². The second-order valence-electron chi connectivity index (χ2n) is 18.3. The number of furan rings is 1. The Hall–Kier alpha value is -7.94. The molecule has 0 fully saturated rings. The number of benzene rings is 10. The summed E-state index contributed by atoms with van der Waals surface area (Å²) in [7, 11) is 0. The number of fused-ring (bicyclic) bond motifs is 18. The van der Waals surface area contributed by atoms with E-state index in [0.717, 1.165) is 44.6 Å². The minimum absolute atomic E-state index is 0.169. The van der Waals surface area contributed by atoms with Crippen LogP contribution >= 0.6 is 0 Å². The summed E-state index contributed by atoms with van der Waals surface area (Å²) in [6.45, 7) is 4.75. The highest BCUT2D eigenvalue weighted by molar-refractivity contribution is 6.23. The molecule has 0 amide bonds. The Morgan fingerprint density at radius 2 is 0.844 bits per heavy atom. The molecule has 0 atom stereocenters. The third-order valence-electron chi connectivity index (χ3n) is 14.9. The van der Waals surface area contributed by atoms with Crippen molar-refractivity contribution >= 4 is 49.8 Å². The highest BCUT2D eigenvalue weighted by Crippen LogP contribution is 2.63. The van der Waals surface area contributed by atoms with Gasteiger partial charge in [0.25, 0.3) is 0 Å². The fraction of sp³-hybridized carbons (Fsp3) is 0.0645. The van der Waals surface area contributed by atoms with Crippen LogP contribution in [0.25, 0.3) is 77.2 Å². The summed E-state index contributed by atoms with van der Waals surface area (Å²) in [5, 5.41) is 4.67. The summed E-state index contributed by atoms with van der Waals surface area (Å²) in [6, 6.07) is 79.1. The lowest BCUT2D eigenvalue weighted by molar-refractivity contribution is 0.660. The van der Waals surface area contributed by atoms with E-state index in [1.165, 1.54) is 83.1 Å². The maximum Gasteiger partial charge on any atom is 0.136 e. The zero-order valence-corrected chi connectivity index (χ0v) is 35.6. The third kappa shape index (κ3) is 4.54. The standard InChI is InChI=1S/C62H41NO/c1-61(2)50-24-9-3-17-41(50)45-33-31-39(36-54(45)61)63(56-28-13-7-21-47(56)48-23-15-16-38-30-35-58-60(59(38)48)49-22-8-14-29-57(49)64-58)40-32-34-46-44-20-6-12-27-53(44)62(55(46)37-40)51-25-10-4-18-42(51)43-19-5-11-26-52(43)62/h3-37H,1-2H3. The van der Waals surface area contributed by atoms with Gasteiger partial charge in [0, 0.05) is 38.5 Å². The van der Waals surface area contributed by atoms with Crippen LogP contribution < -0.4 is 4.90 Å². The van der Waals surface area contributed by atoms with Crippen LogP contribution in [-0.2, 0) is 10.8 Å². The van der Waals surface area contributed by atoms with Crippen LogP contribution in [0, 0.1) is 0 Å². The SMILES string of the molecule is CC1(C)c2ccccc2-c2ccc(N(c3ccc4c(c3)C3(c5ccccc5-c5ccccc53)c3ccccc3-4)c3ccccc3-c3cccc4ccc5oc6ccccc6c5c34)cc21. The van der Waals surface area contributed by atoms with Crippen LogP contribution in [0.2, 0.25) is 0 Å². The largest absolute Gasteiger partial charge is 0.456 e. The molecule has 64 heavy (non-hydrogen) atoms. The molecular weight excluding hydrogens is 775 g/mol. The van der Waals surface area contributed by atoms with Gasteiger partial charge in [-0.05, 0) is 120 Å². The first-order chi connectivity index (χ1) is 31.5. The number of rotatable bonds is 4. The topological polar surface area (TPSA) is 16.4 Å². The molecule has 0 radical (unpaired) electrons. The Kier molecular flexibility index (Phi) is 7.13. The van der Waals surface area contributed by atoms with Gasteiger partial charge in [-0.1, -0.05) is 184 Å². The van der Waals surface area contributed by atoms with Gasteiger partial charge < -0.3 is 9.32 Å². The zero-order valence-electron chi connectivity index (χ0n) is 35.6. The molecule has 2 heteroatoms. The molecule has 11 aromatic rings. The number of para-hydroxylation sites is 2. The Bertz CT molecular complexity index is 3730. The van der Waals surface area contributed by atoms with Crippen LogP contribution in [0.1, 0.15) is 47.2 Å². The van der Waals surface area contributed by atoms with E-state index in [4.69, 9.17) is 4.42 Å². The predicted octanol–water partition coefficient (Wildman–Crippen LogP) is 16.5. The van der Waals surface area contributed by atoms with E-state index >= 15 is 0 Å². The molecule has 300 valence electrons. The van der Waals surface area contributed by atoms with Crippen molar-refractivity contribution in [1.82, 2.24) is 0 Å². The minimum atomic E-state index is -0.467. The first-order valence-electron chi connectivity index (χ1n) is 22.4. The average Bonchev–Trinajstić information content (AvgIpc) is 4.04. The Morgan fingerprint density at radius 3 is 1.52 bits per heavy atom. The second kappa shape index (κ2) is 12.8. The van der Waals surface area contributed by atoms with Gasteiger partial charge in [-0.15, -0.1) is 0 Å². The molecule has 14 rings (SSSR count). The first kappa shape index (κ1) is 35.6. The molecule has 0 saturated carbocycles. The van der Waals surface area contributed by atoms with Gasteiger partial charge in [0.05, 0.1) is 11.1 Å². The maximum absolute atomic E-state index is 6.51. The van der Waals surface area contributed by atoms with Crippen molar-refractivity contribution in [3.63, 3.8) is 0 Å². The predicted molar refractivity (Wildman–Crippen MR) is 265 cm³/mol. The fourth-order valence-corrected chi connectivity index (χ4v) is 12.2. The highest BCUT2D eigenvalue weighted by atomic mass is 16.3. The van der Waals surface area contributed by atoms with Gasteiger partial charge in [-0.2, -0.15) is 0 Å². The molecule has 0 saturated heterocycles. The molecule has 1 aromatic heterocycles. The van der Waals surface area contributed by atoms with Crippen LogP contribution in [-0.4, -0.2) is 0 Å². The number of hydrogen-bond donors (Lipinski definition) is 0. The van der Waals surface area contributed by atoms with E-state index in [2.05, 4.69) is 231 Å². The highest BCUT2D eigenvalue weighted by Gasteiger charge is 2.51. The Labute approximate surface area is 372 Å². The lowest BCUT2D eigenvalue weighted by atomic mass is 9.70. The van der Waals surface area contributed by atoms with Crippen molar-refractivity contribution in [2.24, 2.45) is 0 Å². The van der Waals surface area contributed by atoms with Gasteiger partial charge in [0.15, 0.2) is 0 Å². The fourth-order valence-electron chi connectivity index (χ4n) is 12.2. The molecule has 3 aliphatic carbocycles. The van der Waals surface area contributed by atoms with Crippen LogP contribution in [0.4, 0.5) is 17.1 Å². The van der Waals surface area contributed by atoms with Crippen molar-refractivity contribution in [3.8, 4) is 44.5 Å². The van der Waals surface area contributed by atoms with Gasteiger partial charge in [-0.25, -0.2) is 0 Å². The van der Waals surface area contributed by atoms with Gasteiger partial charge in [0.1, 0.15) is 11.2 Å². The maximum atomic E-state index is 6.51. The van der Waals surface area contributed by atoms with E-state index in [1.54, 1.807) is 0 Å². The van der Waals surface area contributed by atoms with E-state index in [9.17, 15) is 0 Å². The second-order valence-corrected chi connectivity index (χ2v) is 18.3. The molecular formula is C62H41NO. The van der Waals surface area contributed by atoms with E-state index in [-0.39, 0.29) is 5.41 Å². The molecule has 0 bridgehead atoms. The van der Waals surface area contributed by atoms with Crippen LogP contribution in [0.5, 0.6) is 0 Å². The Balaban J connectivity index is 1.06. The lowest BCUT2D eigenvalue weighted by Gasteiger charge is -2.33. The quantitative estimate of drug-likeness (QED) is 0.176. The smallest absolute Gasteiger partial charge is 0.136 e. The first-order valence-corrected chi connectivity index (χ1v) is 22.4. The van der Waals surface area contributed by atoms with Gasteiger partial charge in [-0.3, -0.25) is 0 Å². The molecule has 1 heterocycles. The molecule has 1 spiro atoms. The normalized spacial score (nSPS) is 14.3. The molecule has 2 nitrogen and oxygen atoms in total. The molecule has 10 aromatic carbocycles. The summed E-state index contributed by atoms with van der Waals surface area (Å²) in [5.41, 5.74) is 22.7. The van der Waals surface area contributed by atoms with Gasteiger partial charge >= 0.3 is 0 Å². The minimum Gasteiger partial charge on any atom is -0.456 e. The molecule has 0 aliphatic heterocycles. The van der Waals surface area contributed by atoms with Crippen molar-refractivity contribution in [3.05, 3.63) is 246 Å². The summed E-state index contributed by atoms with van der Waals surface area (Å²) < 4.78 is 6.51. The monoisotopic (exact) mass is 815 g/mol. The van der Waals surface area contributed by atoms with Crippen LogP contribution in [0.15, 0.2) is 217 Å². The van der Waals surface area contributed by atoms with Crippen molar-refractivity contribution in [2.45, 2.75) is 24.7 Å². The molecule has 0 N–H and O–H groups in total. The Morgan fingerprint density at radius 1 is 0.344 bits per heavy atom. The van der Waals surface area contributed by atoms with E-state index in [1.807, 2.05) is 0 Å². The number of anilines is 3.